The average molecular weight is 307 g/mol. The monoisotopic (exact) mass is 307 g/mol. The van der Waals surface area contributed by atoms with E-state index in [9.17, 15) is 9.59 Å². The van der Waals surface area contributed by atoms with Crippen molar-refractivity contribution >= 4 is 23.4 Å². The number of aryl methyl sites for hydroxylation is 1. The lowest BCUT2D eigenvalue weighted by Crippen LogP contribution is -2.51. The van der Waals surface area contributed by atoms with Crippen LogP contribution in [0.2, 0.25) is 0 Å². The first-order chi connectivity index (χ1) is 10.0. The van der Waals surface area contributed by atoms with Gasteiger partial charge in [-0.15, -0.1) is 5.10 Å². The summed E-state index contributed by atoms with van der Waals surface area (Å²) < 4.78 is 3.75. The van der Waals surface area contributed by atoms with Crippen molar-refractivity contribution in [3.63, 3.8) is 0 Å². The second-order valence-electron chi connectivity index (χ2n) is 5.03. The number of nitrogens with zero attached hydrogens (tertiary/aromatic N) is 3. The molecule has 2 heterocycles. The maximum absolute atomic E-state index is 12.3. The molecule has 0 radical (unpaired) electrons. The molecule has 0 aliphatic heterocycles. The quantitative estimate of drug-likeness (QED) is 0.777. The summed E-state index contributed by atoms with van der Waals surface area (Å²) in [5.74, 6) is -0.845. The van der Waals surface area contributed by atoms with Gasteiger partial charge in [0, 0.05) is 0 Å². The lowest BCUT2D eigenvalue weighted by molar-refractivity contribution is 0.0690. The molecule has 9 heteroatoms. The van der Waals surface area contributed by atoms with Gasteiger partial charge in [-0.25, -0.2) is 9.78 Å². The maximum Gasteiger partial charge on any atom is 0.353 e. The summed E-state index contributed by atoms with van der Waals surface area (Å²) >= 11 is 1.04. The molecular formula is C12H13N5O3S. The average Bonchev–Trinajstić information content (AvgIpc) is 3.02. The van der Waals surface area contributed by atoms with Crippen molar-refractivity contribution in [2.45, 2.75) is 31.7 Å². The third kappa shape index (κ3) is 2.29. The second-order valence-corrected chi connectivity index (χ2v) is 5.78. The van der Waals surface area contributed by atoms with Crippen LogP contribution in [-0.2, 0) is 5.54 Å². The van der Waals surface area contributed by atoms with Crippen LogP contribution >= 0.6 is 11.5 Å². The molecule has 110 valence electrons. The number of aromatic amines is 1. The van der Waals surface area contributed by atoms with E-state index in [4.69, 9.17) is 5.11 Å². The van der Waals surface area contributed by atoms with Crippen LogP contribution in [0.15, 0.2) is 6.20 Å². The molecule has 1 amide bonds. The van der Waals surface area contributed by atoms with E-state index >= 15 is 0 Å². The number of carbonyl (C=O) groups excluding carboxylic acids is 1. The summed E-state index contributed by atoms with van der Waals surface area (Å²) in [4.78, 5) is 30.6. The summed E-state index contributed by atoms with van der Waals surface area (Å²) in [7, 11) is 0. The molecular weight excluding hydrogens is 294 g/mol. The molecule has 0 aromatic carbocycles. The first-order valence-corrected chi connectivity index (χ1v) is 7.19. The van der Waals surface area contributed by atoms with Crippen molar-refractivity contribution in [3.05, 3.63) is 28.3 Å². The van der Waals surface area contributed by atoms with E-state index in [2.05, 4.69) is 24.9 Å². The maximum atomic E-state index is 12.3. The van der Waals surface area contributed by atoms with Crippen LogP contribution in [0, 0.1) is 6.92 Å². The zero-order valence-corrected chi connectivity index (χ0v) is 12.0. The predicted octanol–water partition coefficient (Wildman–Crippen LogP) is 1.08. The molecule has 3 rings (SSSR count). The molecule has 21 heavy (non-hydrogen) atoms. The molecule has 3 N–H and O–H groups in total. The molecule has 1 fully saturated rings. The number of aromatic carboxylic acids is 1. The zero-order valence-electron chi connectivity index (χ0n) is 11.2. The van der Waals surface area contributed by atoms with Crippen molar-refractivity contribution < 1.29 is 14.7 Å². The number of imidazole rings is 1. The minimum Gasteiger partial charge on any atom is -0.477 e. The Morgan fingerprint density at radius 3 is 2.71 bits per heavy atom. The van der Waals surface area contributed by atoms with Crippen molar-refractivity contribution in [1.82, 2.24) is 24.9 Å². The van der Waals surface area contributed by atoms with E-state index in [1.54, 1.807) is 6.92 Å². The van der Waals surface area contributed by atoms with Gasteiger partial charge in [-0.2, -0.15) is 0 Å². The van der Waals surface area contributed by atoms with E-state index in [0.29, 0.717) is 16.4 Å². The van der Waals surface area contributed by atoms with Crippen LogP contribution in [0.1, 0.15) is 50.9 Å². The summed E-state index contributed by atoms with van der Waals surface area (Å²) in [6.45, 7) is 1.72. The summed E-state index contributed by atoms with van der Waals surface area (Å²) in [5, 5.41) is 15.7. The van der Waals surface area contributed by atoms with Gasteiger partial charge < -0.3 is 15.4 Å². The van der Waals surface area contributed by atoms with Crippen LogP contribution in [0.5, 0.6) is 0 Å². The predicted molar refractivity (Wildman–Crippen MR) is 73.2 cm³/mol. The minimum atomic E-state index is -1.07. The van der Waals surface area contributed by atoms with Gasteiger partial charge in [-0.3, -0.25) is 4.79 Å². The Labute approximate surface area is 123 Å². The number of H-pyrrole nitrogens is 1. The van der Waals surface area contributed by atoms with Gasteiger partial charge in [0.15, 0.2) is 0 Å². The molecule has 2 aromatic heterocycles. The Hall–Kier alpha value is -2.29. The number of aromatic nitrogens is 4. The van der Waals surface area contributed by atoms with E-state index in [0.717, 1.165) is 30.8 Å². The number of hydrogen-bond donors (Lipinski definition) is 3. The number of nitrogens with one attached hydrogen (secondary N) is 2. The van der Waals surface area contributed by atoms with Crippen molar-refractivity contribution in [2.75, 3.05) is 0 Å². The Morgan fingerprint density at radius 2 is 2.24 bits per heavy atom. The molecule has 8 nitrogen and oxygen atoms in total. The molecule has 0 spiro atoms. The number of amides is 1. The van der Waals surface area contributed by atoms with Crippen molar-refractivity contribution in [1.29, 1.82) is 0 Å². The number of hydrogen-bond acceptors (Lipinski definition) is 6. The normalized spacial score (nSPS) is 16.2. The molecule has 0 saturated heterocycles. The minimum absolute atomic E-state index is 0.0150. The van der Waals surface area contributed by atoms with E-state index in [1.165, 1.54) is 6.20 Å². The van der Waals surface area contributed by atoms with Gasteiger partial charge in [0.1, 0.15) is 16.4 Å². The van der Waals surface area contributed by atoms with Gasteiger partial charge >= 0.3 is 5.97 Å². The van der Waals surface area contributed by atoms with Crippen LogP contribution in [0.3, 0.4) is 0 Å². The van der Waals surface area contributed by atoms with E-state index < -0.39 is 11.5 Å². The topological polar surface area (TPSA) is 121 Å². The fraction of sp³-hybridized carbons (Fsp3) is 0.417. The van der Waals surface area contributed by atoms with Gasteiger partial charge in [-0.1, -0.05) is 4.49 Å². The fourth-order valence-electron chi connectivity index (χ4n) is 2.34. The van der Waals surface area contributed by atoms with Crippen LogP contribution in [-0.4, -0.2) is 36.5 Å². The van der Waals surface area contributed by atoms with Gasteiger partial charge in [0.05, 0.1) is 17.4 Å². The molecule has 1 aliphatic rings. The number of carboxylic acids is 1. The molecule has 0 atom stereocenters. The molecule has 0 unspecified atom stereocenters. The third-order valence-corrected chi connectivity index (χ3v) is 4.50. The largest absolute Gasteiger partial charge is 0.477 e. The van der Waals surface area contributed by atoms with Crippen molar-refractivity contribution in [3.8, 4) is 0 Å². The Morgan fingerprint density at radius 1 is 1.48 bits per heavy atom. The van der Waals surface area contributed by atoms with Crippen LogP contribution in [0.25, 0.3) is 0 Å². The zero-order chi connectivity index (χ0) is 15.0. The number of carbonyl (C=O) groups is 2. The highest BCUT2D eigenvalue weighted by Gasteiger charge is 2.43. The summed E-state index contributed by atoms with van der Waals surface area (Å²) in [6, 6.07) is 0. The highest BCUT2D eigenvalue weighted by atomic mass is 32.1. The summed E-state index contributed by atoms with van der Waals surface area (Å²) in [6.07, 6.45) is 3.65. The van der Waals surface area contributed by atoms with Gasteiger partial charge in [-0.05, 0) is 37.7 Å². The first kappa shape index (κ1) is 13.7. The Kier molecular flexibility index (Phi) is 3.20. The molecule has 1 saturated carbocycles. The number of rotatable bonds is 4. The lowest BCUT2D eigenvalue weighted by atomic mass is 9.76. The van der Waals surface area contributed by atoms with Gasteiger partial charge in [0.2, 0.25) is 0 Å². The first-order valence-electron chi connectivity index (χ1n) is 6.42. The third-order valence-electron chi connectivity index (χ3n) is 3.68. The van der Waals surface area contributed by atoms with Crippen LogP contribution in [0.4, 0.5) is 0 Å². The van der Waals surface area contributed by atoms with Crippen LogP contribution < -0.4 is 5.32 Å². The molecule has 0 bridgehead atoms. The van der Waals surface area contributed by atoms with Gasteiger partial charge in [0.25, 0.3) is 5.91 Å². The van der Waals surface area contributed by atoms with Crippen molar-refractivity contribution in [2.24, 2.45) is 0 Å². The second kappa shape index (κ2) is 4.92. The number of carboxylic acid groups (broad SMARTS) is 1. The van der Waals surface area contributed by atoms with E-state index in [-0.39, 0.29) is 11.6 Å². The highest BCUT2D eigenvalue weighted by molar-refractivity contribution is 7.08. The fourth-order valence-corrected chi connectivity index (χ4v) is 2.89. The standard InChI is InChI=1S/C12H13N5O3S/c1-6-8(21-17-16-6)9(18)15-12(3-2-4-12)11-13-5-7(14-11)10(19)20/h5H,2-4H2,1H3,(H,13,14)(H,15,18)(H,19,20). The van der Waals surface area contributed by atoms with E-state index in [1.807, 2.05) is 0 Å². The highest BCUT2D eigenvalue weighted by Crippen LogP contribution is 2.40. The Balaban J connectivity index is 1.85. The Bertz CT molecular complexity index is 703. The smallest absolute Gasteiger partial charge is 0.353 e. The lowest BCUT2D eigenvalue weighted by Gasteiger charge is -2.40. The summed E-state index contributed by atoms with van der Waals surface area (Å²) in [5.41, 5.74) is -0.0277. The molecule has 1 aliphatic carbocycles. The SMILES string of the molecule is Cc1nnsc1C(=O)NC1(c2ncc(C(=O)O)[nH]2)CCC1. The molecule has 2 aromatic rings.